The highest BCUT2D eigenvalue weighted by atomic mass is 35.5. The number of alkyl halides is 3. The number of nitrogens with zero attached hydrogens (tertiary/aromatic N) is 4. The standard InChI is InChI=1S/C29H36ClF3N4O3/c1-35(2)26(38)23-11-12-24(34-25(23)30)37-16-13-19(14-17-37)6-5-15-36(3)27(39)28(40,29(31,32)33)22-8-4-7-21(18-22)20-9-10-20/h4,7-8,11-12,18-20,40H,5-6,9-10,13-17H2,1-3H3. The van der Waals surface area contributed by atoms with E-state index in [2.05, 4.69) is 9.88 Å². The third-order valence-corrected chi connectivity index (χ3v) is 8.22. The van der Waals surface area contributed by atoms with Crippen LogP contribution < -0.4 is 4.90 Å². The van der Waals surface area contributed by atoms with Crippen LogP contribution in [0.4, 0.5) is 19.0 Å². The van der Waals surface area contributed by atoms with E-state index in [0.717, 1.165) is 55.7 Å². The number of aliphatic hydroxyl groups is 1. The summed E-state index contributed by atoms with van der Waals surface area (Å²) in [5.74, 6) is -0.340. The Bertz CT molecular complexity index is 1230. The van der Waals surface area contributed by atoms with Crippen LogP contribution in [0.5, 0.6) is 0 Å². The second kappa shape index (κ2) is 11.9. The molecule has 1 aliphatic carbocycles. The van der Waals surface area contributed by atoms with Gasteiger partial charge in [0.2, 0.25) is 0 Å². The number of halogens is 4. The summed E-state index contributed by atoms with van der Waals surface area (Å²) in [7, 11) is 4.61. The summed E-state index contributed by atoms with van der Waals surface area (Å²) in [5.41, 5.74) is -2.95. The van der Waals surface area contributed by atoms with Crippen LogP contribution in [0.3, 0.4) is 0 Å². The van der Waals surface area contributed by atoms with Crippen molar-refractivity contribution in [1.29, 1.82) is 0 Å². The van der Waals surface area contributed by atoms with Crippen molar-refractivity contribution in [2.45, 2.75) is 56.2 Å². The van der Waals surface area contributed by atoms with Crippen LogP contribution in [0.25, 0.3) is 0 Å². The Morgan fingerprint density at radius 1 is 1.07 bits per heavy atom. The molecule has 1 saturated carbocycles. The second-order valence-corrected chi connectivity index (χ2v) is 11.5. The van der Waals surface area contributed by atoms with E-state index >= 15 is 0 Å². The maximum atomic E-state index is 14.1. The van der Waals surface area contributed by atoms with Gasteiger partial charge in [-0.25, -0.2) is 4.98 Å². The number of hydrogen-bond acceptors (Lipinski definition) is 5. The van der Waals surface area contributed by atoms with Gasteiger partial charge >= 0.3 is 6.18 Å². The number of aromatic nitrogens is 1. The molecule has 40 heavy (non-hydrogen) atoms. The fourth-order valence-electron chi connectivity index (χ4n) is 5.29. The largest absolute Gasteiger partial charge is 0.430 e. The van der Waals surface area contributed by atoms with E-state index in [1.807, 2.05) is 0 Å². The van der Waals surface area contributed by atoms with Crippen LogP contribution in [-0.4, -0.2) is 78.7 Å². The van der Waals surface area contributed by atoms with Crippen LogP contribution in [0, 0.1) is 5.92 Å². The van der Waals surface area contributed by atoms with Crippen LogP contribution in [-0.2, 0) is 10.4 Å². The molecular formula is C29H36ClF3N4O3. The van der Waals surface area contributed by atoms with Gasteiger partial charge in [0.05, 0.1) is 5.56 Å². The first kappa shape index (κ1) is 30.1. The SMILES string of the molecule is CN(C)C(=O)c1ccc(N2CCC(CCCN(C)C(=O)C(O)(c3cccc(C4CC4)c3)C(F)(F)F)CC2)nc1Cl. The summed E-state index contributed by atoms with van der Waals surface area (Å²) in [6.45, 7) is 1.57. The fourth-order valence-corrected chi connectivity index (χ4v) is 5.52. The van der Waals surface area contributed by atoms with Gasteiger partial charge in [0.25, 0.3) is 17.4 Å². The smallest absolute Gasteiger partial charge is 0.369 e. The molecule has 2 heterocycles. The van der Waals surface area contributed by atoms with Crippen molar-refractivity contribution >= 4 is 29.2 Å². The first-order valence-electron chi connectivity index (χ1n) is 13.6. The molecular weight excluding hydrogens is 545 g/mol. The van der Waals surface area contributed by atoms with Gasteiger partial charge in [0, 0.05) is 46.3 Å². The summed E-state index contributed by atoms with van der Waals surface area (Å²) < 4.78 is 42.4. The molecule has 1 saturated heterocycles. The van der Waals surface area contributed by atoms with Crippen molar-refractivity contribution in [2.75, 3.05) is 45.7 Å². The normalized spacial score (nSPS) is 17.9. The number of benzene rings is 1. The summed E-state index contributed by atoms with van der Waals surface area (Å²) in [6, 6.07) is 9.17. The highest BCUT2D eigenvalue weighted by Crippen LogP contribution is 2.44. The summed E-state index contributed by atoms with van der Waals surface area (Å²) in [6.07, 6.45) is -0.371. The fraction of sp³-hybridized carbons (Fsp3) is 0.552. The average Bonchev–Trinajstić information content (AvgIpc) is 3.77. The van der Waals surface area contributed by atoms with Gasteiger partial charge in [0.1, 0.15) is 11.0 Å². The summed E-state index contributed by atoms with van der Waals surface area (Å²) in [5, 5.41) is 11.0. The van der Waals surface area contributed by atoms with E-state index < -0.39 is 23.2 Å². The number of amides is 2. The maximum Gasteiger partial charge on any atom is 0.430 e. The lowest BCUT2D eigenvalue weighted by atomic mass is 9.89. The summed E-state index contributed by atoms with van der Waals surface area (Å²) >= 11 is 6.26. The van der Waals surface area contributed by atoms with Crippen molar-refractivity contribution in [3.8, 4) is 0 Å². The van der Waals surface area contributed by atoms with E-state index in [4.69, 9.17) is 11.6 Å². The molecule has 2 aliphatic rings. The second-order valence-electron chi connectivity index (χ2n) is 11.1. The minimum absolute atomic E-state index is 0.109. The van der Waals surface area contributed by atoms with Gasteiger partial charge in [-0.1, -0.05) is 35.9 Å². The molecule has 1 N–H and O–H groups in total. The zero-order valence-electron chi connectivity index (χ0n) is 23.0. The van der Waals surface area contributed by atoms with Crippen molar-refractivity contribution in [2.24, 2.45) is 5.92 Å². The van der Waals surface area contributed by atoms with Crippen LogP contribution in [0.2, 0.25) is 5.15 Å². The molecule has 218 valence electrons. The molecule has 0 radical (unpaired) electrons. The molecule has 1 aromatic heterocycles. The number of carbonyl (C=O) groups is 2. The Morgan fingerprint density at radius 2 is 1.75 bits per heavy atom. The van der Waals surface area contributed by atoms with Gasteiger partial charge in [0.15, 0.2) is 0 Å². The molecule has 2 aromatic rings. The molecule has 1 unspecified atom stereocenters. The molecule has 4 rings (SSSR count). The van der Waals surface area contributed by atoms with Gasteiger partial charge in [-0.2, -0.15) is 13.2 Å². The number of pyridine rings is 1. The first-order valence-corrected chi connectivity index (χ1v) is 14.0. The number of hydrogen-bond donors (Lipinski definition) is 1. The average molecular weight is 581 g/mol. The Balaban J connectivity index is 1.30. The van der Waals surface area contributed by atoms with Gasteiger partial charge < -0.3 is 19.8 Å². The first-order chi connectivity index (χ1) is 18.8. The van der Waals surface area contributed by atoms with E-state index in [0.29, 0.717) is 23.7 Å². The van der Waals surface area contributed by atoms with Crippen LogP contribution >= 0.6 is 11.6 Å². The molecule has 0 bridgehead atoms. The molecule has 1 atom stereocenters. The van der Waals surface area contributed by atoms with Crippen LogP contribution in [0.15, 0.2) is 36.4 Å². The monoisotopic (exact) mass is 580 g/mol. The Morgan fingerprint density at radius 3 is 2.33 bits per heavy atom. The summed E-state index contributed by atoms with van der Waals surface area (Å²) in [4.78, 5) is 34.2. The maximum absolute atomic E-state index is 14.1. The Kier molecular flexibility index (Phi) is 8.99. The highest BCUT2D eigenvalue weighted by molar-refractivity contribution is 6.32. The van der Waals surface area contributed by atoms with E-state index in [1.165, 1.54) is 30.1 Å². The minimum atomic E-state index is -5.15. The third kappa shape index (κ3) is 6.38. The number of piperidine rings is 1. The molecule has 2 amide bonds. The molecule has 11 heteroatoms. The molecule has 1 aromatic carbocycles. The predicted molar refractivity (Wildman–Crippen MR) is 147 cm³/mol. The minimum Gasteiger partial charge on any atom is -0.369 e. The molecule has 2 fully saturated rings. The predicted octanol–water partition coefficient (Wildman–Crippen LogP) is 5.22. The van der Waals surface area contributed by atoms with E-state index in [9.17, 15) is 27.9 Å². The Labute approximate surface area is 237 Å². The highest BCUT2D eigenvalue weighted by Gasteiger charge is 2.61. The topological polar surface area (TPSA) is 77.0 Å². The van der Waals surface area contributed by atoms with Crippen molar-refractivity contribution < 1.29 is 27.9 Å². The lowest BCUT2D eigenvalue weighted by Crippen LogP contribution is -2.55. The van der Waals surface area contributed by atoms with Crippen LogP contribution in [0.1, 0.15) is 65.9 Å². The number of likely N-dealkylation sites (N-methyl/N-ethyl adjacent to an activating group) is 1. The van der Waals surface area contributed by atoms with E-state index in [-0.39, 0.29) is 23.5 Å². The van der Waals surface area contributed by atoms with Gasteiger partial charge in [-0.15, -0.1) is 0 Å². The van der Waals surface area contributed by atoms with Crippen molar-refractivity contribution in [3.63, 3.8) is 0 Å². The number of carbonyl (C=O) groups excluding carboxylic acids is 2. The zero-order valence-corrected chi connectivity index (χ0v) is 23.8. The quantitative estimate of drug-likeness (QED) is 0.412. The van der Waals surface area contributed by atoms with Gasteiger partial charge in [-0.05, 0) is 68.1 Å². The number of anilines is 1. The Hall–Kier alpha value is -2.85. The van der Waals surface area contributed by atoms with E-state index in [1.54, 1.807) is 32.3 Å². The molecule has 0 spiro atoms. The molecule has 7 nitrogen and oxygen atoms in total. The van der Waals surface area contributed by atoms with Gasteiger partial charge in [-0.3, -0.25) is 9.59 Å². The molecule has 1 aliphatic heterocycles. The van der Waals surface area contributed by atoms with Crippen molar-refractivity contribution in [3.05, 3.63) is 58.2 Å². The number of rotatable bonds is 9. The lowest BCUT2D eigenvalue weighted by molar-refractivity contribution is -0.261. The third-order valence-electron chi connectivity index (χ3n) is 7.93. The lowest BCUT2D eigenvalue weighted by Gasteiger charge is -2.35. The van der Waals surface area contributed by atoms with Crippen molar-refractivity contribution in [1.82, 2.24) is 14.8 Å². The zero-order chi connectivity index (χ0) is 29.2.